The number of benzene rings is 2. The summed E-state index contributed by atoms with van der Waals surface area (Å²) in [7, 11) is 0. The van der Waals surface area contributed by atoms with Crippen LogP contribution in [0.5, 0.6) is 5.75 Å². The first-order valence-electron chi connectivity index (χ1n) is 8.93. The number of rotatable bonds is 5. The van der Waals surface area contributed by atoms with E-state index in [2.05, 4.69) is 4.74 Å². The predicted molar refractivity (Wildman–Crippen MR) is 104 cm³/mol. The smallest absolute Gasteiger partial charge is 0.422 e. The Morgan fingerprint density at radius 2 is 1.84 bits per heavy atom. The van der Waals surface area contributed by atoms with Crippen LogP contribution in [0.2, 0.25) is 5.02 Å². The van der Waals surface area contributed by atoms with E-state index < -0.39 is 43.7 Å². The number of halogens is 4. The molecule has 2 aromatic carbocycles. The van der Waals surface area contributed by atoms with Crippen molar-refractivity contribution in [3.8, 4) is 5.75 Å². The van der Waals surface area contributed by atoms with Gasteiger partial charge in [0, 0.05) is 12.2 Å². The van der Waals surface area contributed by atoms with E-state index in [1.54, 1.807) is 24.3 Å². The molecule has 0 fully saturated rings. The predicted octanol–water partition coefficient (Wildman–Crippen LogP) is 3.35. The number of carboxylic acids is 1. The third kappa shape index (κ3) is 5.46. The van der Waals surface area contributed by atoms with Crippen LogP contribution in [0.1, 0.15) is 15.9 Å². The van der Waals surface area contributed by atoms with E-state index in [0.717, 1.165) is 15.9 Å². The molecule has 1 aliphatic rings. The number of amides is 2. The summed E-state index contributed by atoms with van der Waals surface area (Å²) in [6, 6.07) is 10.1. The molecular formula is C20H16ClF3N2O5. The van der Waals surface area contributed by atoms with Gasteiger partial charge in [-0.1, -0.05) is 29.8 Å². The number of hydrogen-bond acceptors (Lipinski definition) is 4. The van der Waals surface area contributed by atoms with Crippen molar-refractivity contribution in [1.82, 2.24) is 4.90 Å². The fourth-order valence-electron chi connectivity index (χ4n) is 3.08. The minimum Gasteiger partial charge on any atom is -0.484 e. The number of alkyl halides is 3. The number of hydrogen-bond donors (Lipinski definition) is 1. The molecule has 0 aliphatic carbocycles. The molecule has 1 heterocycles. The lowest BCUT2D eigenvalue weighted by molar-refractivity contribution is -0.153. The van der Waals surface area contributed by atoms with Gasteiger partial charge >= 0.3 is 12.1 Å². The minimum absolute atomic E-state index is 0.00301. The number of anilines is 1. The third-order valence-electron chi connectivity index (χ3n) is 4.43. The summed E-state index contributed by atoms with van der Waals surface area (Å²) in [6.45, 7) is -2.46. The molecule has 0 bridgehead atoms. The zero-order valence-electron chi connectivity index (χ0n) is 15.9. The van der Waals surface area contributed by atoms with Crippen LogP contribution in [0.4, 0.5) is 18.9 Å². The Kier molecular flexibility index (Phi) is 6.40. The van der Waals surface area contributed by atoms with Gasteiger partial charge in [0.25, 0.3) is 5.91 Å². The van der Waals surface area contributed by atoms with E-state index in [0.29, 0.717) is 11.3 Å². The van der Waals surface area contributed by atoms with Crippen LogP contribution in [0.3, 0.4) is 0 Å². The molecule has 0 radical (unpaired) electrons. The van der Waals surface area contributed by atoms with Gasteiger partial charge in [0.1, 0.15) is 18.8 Å². The standard InChI is InChI=1S/C20H16ClF3N2O5/c21-15-7-13(31-11-20(22,23)24)5-6-14(15)19(30)26-9-17(27)25(10-18(28)29)8-12-3-1-2-4-16(12)26/h1-7H,8-11H2,(H,28,29). The maximum Gasteiger partial charge on any atom is 0.422 e. The summed E-state index contributed by atoms with van der Waals surface area (Å²) in [6.07, 6.45) is -4.53. The Morgan fingerprint density at radius 3 is 2.48 bits per heavy atom. The van der Waals surface area contributed by atoms with Crippen molar-refractivity contribution in [2.75, 3.05) is 24.6 Å². The van der Waals surface area contributed by atoms with Gasteiger partial charge in [0.05, 0.1) is 10.6 Å². The number of aliphatic carboxylic acids is 1. The highest BCUT2D eigenvalue weighted by atomic mass is 35.5. The number of para-hydroxylation sites is 1. The monoisotopic (exact) mass is 456 g/mol. The van der Waals surface area contributed by atoms with Gasteiger partial charge in [-0.3, -0.25) is 19.3 Å². The zero-order chi connectivity index (χ0) is 22.8. The number of carbonyl (C=O) groups excluding carboxylic acids is 2. The van der Waals surface area contributed by atoms with Crippen molar-refractivity contribution < 1.29 is 37.4 Å². The minimum atomic E-state index is -4.53. The zero-order valence-corrected chi connectivity index (χ0v) is 16.6. The molecule has 3 rings (SSSR count). The largest absolute Gasteiger partial charge is 0.484 e. The third-order valence-corrected chi connectivity index (χ3v) is 4.75. The molecule has 164 valence electrons. The maximum atomic E-state index is 13.2. The number of carbonyl (C=O) groups is 3. The van der Waals surface area contributed by atoms with Gasteiger partial charge in [-0.25, -0.2) is 0 Å². The second-order valence-corrected chi connectivity index (χ2v) is 7.12. The summed E-state index contributed by atoms with van der Waals surface area (Å²) in [5, 5.41) is 8.91. The topological polar surface area (TPSA) is 87.2 Å². The summed E-state index contributed by atoms with van der Waals surface area (Å²) in [4.78, 5) is 39.1. The molecule has 0 spiro atoms. The first kappa shape index (κ1) is 22.4. The molecule has 2 aromatic rings. The van der Waals surface area contributed by atoms with Crippen molar-refractivity contribution in [3.05, 3.63) is 58.6 Å². The summed E-state index contributed by atoms with van der Waals surface area (Å²) in [5.41, 5.74) is 0.918. The van der Waals surface area contributed by atoms with Crippen LogP contribution in [0, 0.1) is 0 Å². The number of nitrogens with zero attached hydrogens (tertiary/aromatic N) is 2. The van der Waals surface area contributed by atoms with Crippen molar-refractivity contribution in [2.45, 2.75) is 12.7 Å². The van der Waals surface area contributed by atoms with Crippen LogP contribution in [-0.4, -0.2) is 53.7 Å². The fourth-order valence-corrected chi connectivity index (χ4v) is 3.33. The highest BCUT2D eigenvalue weighted by Gasteiger charge is 2.32. The van der Waals surface area contributed by atoms with Gasteiger partial charge in [0.15, 0.2) is 6.61 Å². The molecule has 0 aromatic heterocycles. The molecule has 7 nitrogen and oxygen atoms in total. The first-order chi connectivity index (χ1) is 14.5. The summed E-state index contributed by atoms with van der Waals surface area (Å²) < 4.78 is 41.6. The van der Waals surface area contributed by atoms with Crippen LogP contribution < -0.4 is 9.64 Å². The van der Waals surface area contributed by atoms with Gasteiger partial charge in [-0.2, -0.15) is 13.2 Å². The van der Waals surface area contributed by atoms with Gasteiger partial charge in [-0.05, 0) is 29.8 Å². The highest BCUT2D eigenvalue weighted by Crippen LogP contribution is 2.30. The Labute approximate surface area is 179 Å². The molecule has 0 unspecified atom stereocenters. The van der Waals surface area contributed by atoms with E-state index in [-0.39, 0.29) is 22.9 Å². The highest BCUT2D eigenvalue weighted by molar-refractivity contribution is 6.34. The number of carboxylic acid groups (broad SMARTS) is 1. The van der Waals surface area contributed by atoms with Crippen molar-refractivity contribution in [2.24, 2.45) is 0 Å². The second kappa shape index (κ2) is 8.84. The molecule has 0 atom stereocenters. The molecule has 2 amide bonds. The van der Waals surface area contributed by atoms with E-state index in [9.17, 15) is 27.6 Å². The van der Waals surface area contributed by atoms with Crippen LogP contribution in [0.25, 0.3) is 0 Å². The number of fused-ring (bicyclic) bond motifs is 1. The molecular weight excluding hydrogens is 441 g/mol. The second-order valence-electron chi connectivity index (χ2n) is 6.71. The van der Waals surface area contributed by atoms with E-state index in [4.69, 9.17) is 16.7 Å². The normalized spacial score (nSPS) is 14.1. The van der Waals surface area contributed by atoms with Crippen LogP contribution in [-0.2, 0) is 16.1 Å². The Balaban J connectivity index is 1.90. The van der Waals surface area contributed by atoms with Crippen LogP contribution >= 0.6 is 11.6 Å². The first-order valence-corrected chi connectivity index (χ1v) is 9.31. The van der Waals surface area contributed by atoms with Gasteiger partial charge < -0.3 is 14.7 Å². The molecule has 1 N–H and O–H groups in total. The van der Waals surface area contributed by atoms with Crippen molar-refractivity contribution in [3.63, 3.8) is 0 Å². The van der Waals surface area contributed by atoms with E-state index >= 15 is 0 Å². The van der Waals surface area contributed by atoms with Crippen molar-refractivity contribution >= 4 is 35.1 Å². The summed E-state index contributed by atoms with van der Waals surface area (Å²) in [5.74, 6) is -2.60. The van der Waals surface area contributed by atoms with Gasteiger partial charge in [-0.15, -0.1) is 0 Å². The summed E-state index contributed by atoms with van der Waals surface area (Å²) >= 11 is 6.11. The fraction of sp³-hybridized carbons (Fsp3) is 0.250. The van der Waals surface area contributed by atoms with Crippen molar-refractivity contribution in [1.29, 1.82) is 0 Å². The maximum absolute atomic E-state index is 13.2. The molecule has 31 heavy (non-hydrogen) atoms. The number of ether oxygens (including phenoxy) is 1. The molecule has 0 saturated carbocycles. The van der Waals surface area contributed by atoms with E-state index in [1.807, 2.05) is 0 Å². The lowest BCUT2D eigenvalue weighted by Crippen LogP contribution is -2.42. The lowest BCUT2D eigenvalue weighted by atomic mass is 10.1. The van der Waals surface area contributed by atoms with Gasteiger partial charge in [0.2, 0.25) is 5.91 Å². The average Bonchev–Trinajstić information content (AvgIpc) is 2.82. The Hall–Kier alpha value is -3.27. The Morgan fingerprint density at radius 1 is 1.13 bits per heavy atom. The SMILES string of the molecule is O=C(O)CN1Cc2ccccc2N(C(=O)c2ccc(OCC(F)(F)F)cc2Cl)CC1=O. The Bertz CT molecular complexity index is 1030. The average molecular weight is 457 g/mol. The molecule has 11 heteroatoms. The molecule has 1 aliphatic heterocycles. The lowest BCUT2D eigenvalue weighted by Gasteiger charge is -2.23. The quantitative estimate of drug-likeness (QED) is 0.745. The van der Waals surface area contributed by atoms with E-state index in [1.165, 1.54) is 12.1 Å². The molecule has 0 saturated heterocycles. The van der Waals surface area contributed by atoms with Crippen LogP contribution in [0.15, 0.2) is 42.5 Å².